The number of thioether (sulfide) groups is 1. The number of tetrazole rings is 1. The van der Waals surface area contributed by atoms with E-state index in [0.717, 1.165) is 11.8 Å². The van der Waals surface area contributed by atoms with Crippen LogP contribution in [-0.2, 0) is 9.59 Å². The molecule has 30 heavy (non-hydrogen) atoms. The highest BCUT2D eigenvalue weighted by Crippen LogP contribution is 2.20. The van der Waals surface area contributed by atoms with Crippen molar-refractivity contribution in [2.75, 3.05) is 16.4 Å². The Kier molecular flexibility index (Phi) is 6.72. The van der Waals surface area contributed by atoms with Crippen LogP contribution in [0, 0.1) is 18.6 Å². The van der Waals surface area contributed by atoms with E-state index in [1.54, 1.807) is 13.8 Å². The Morgan fingerprint density at radius 2 is 1.80 bits per heavy atom. The second-order valence-electron chi connectivity index (χ2n) is 6.30. The fourth-order valence-electron chi connectivity index (χ4n) is 2.46. The molecule has 11 heteroatoms. The van der Waals surface area contributed by atoms with Gasteiger partial charge in [0, 0.05) is 11.4 Å². The van der Waals surface area contributed by atoms with Gasteiger partial charge in [-0.3, -0.25) is 9.59 Å². The van der Waals surface area contributed by atoms with Gasteiger partial charge < -0.3 is 10.6 Å². The van der Waals surface area contributed by atoms with Gasteiger partial charge in [0.15, 0.2) is 5.82 Å². The first-order valence-electron chi connectivity index (χ1n) is 8.86. The van der Waals surface area contributed by atoms with E-state index in [2.05, 4.69) is 26.2 Å². The van der Waals surface area contributed by atoms with Gasteiger partial charge >= 0.3 is 0 Å². The second kappa shape index (κ2) is 9.44. The number of carbonyl (C=O) groups is 2. The van der Waals surface area contributed by atoms with Crippen molar-refractivity contribution in [1.29, 1.82) is 0 Å². The quantitative estimate of drug-likeness (QED) is 0.595. The van der Waals surface area contributed by atoms with Gasteiger partial charge in [-0.15, -0.1) is 16.9 Å². The molecule has 0 bridgehead atoms. The summed E-state index contributed by atoms with van der Waals surface area (Å²) < 4.78 is 28.2. The van der Waals surface area contributed by atoms with Crippen LogP contribution in [0.4, 0.5) is 20.2 Å². The van der Waals surface area contributed by atoms with Crippen LogP contribution in [0.2, 0.25) is 0 Å². The Hall–Kier alpha value is -3.34. The molecule has 0 fully saturated rings. The molecule has 1 unspecified atom stereocenters. The molecule has 0 saturated carbocycles. The molecule has 0 aliphatic heterocycles. The maximum Gasteiger partial charge on any atom is 0.237 e. The lowest BCUT2D eigenvalue weighted by Gasteiger charge is -2.13. The van der Waals surface area contributed by atoms with E-state index in [1.807, 2.05) is 0 Å². The molecule has 2 aromatic carbocycles. The van der Waals surface area contributed by atoms with E-state index in [-0.39, 0.29) is 23.3 Å². The molecule has 1 atom stereocenters. The number of hydrogen-bond acceptors (Lipinski definition) is 6. The molecule has 156 valence electrons. The predicted octanol–water partition coefficient (Wildman–Crippen LogP) is 2.95. The molecular formula is C19H18F2N6O2S. The first-order valence-corrected chi connectivity index (χ1v) is 9.91. The summed E-state index contributed by atoms with van der Waals surface area (Å²) in [5.41, 5.74) is 0.944. The number of rotatable bonds is 7. The lowest BCUT2D eigenvalue weighted by Crippen LogP contribution is -2.25. The van der Waals surface area contributed by atoms with Gasteiger partial charge in [-0.1, -0.05) is 0 Å². The molecule has 1 aromatic heterocycles. The van der Waals surface area contributed by atoms with Crippen LogP contribution in [0.5, 0.6) is 0 Å². The van der Waals surface area contributed by atoms with Crippen LogP contribution in [0.3, 0.4) is 0 Å². The van der Waals surface area contributed by atoms with E-state index < -0.39 is 16.9 Å². The lowest BCUT2D eigenvalue weighted by atomic mass is 10.2. The number of halogens is 2. The smallest absolute Gasteiger partial charge is 0.237 e. The van der Waals surface area contributed by atoms with E-state index in [4.69, 9.17) is 0 Å². The van der Waals surface area contributed by atoms with Crippen LogP contribution in [-0.4, -0.2) is 43.0 Å². The van der Waals surface area contributed by atoms with E-state index in [9.17, 15) is 18.4 Å². The molecule has 3 rings (SSSR count). The van der Waals surface area contributed by atoms with E-state index >= 15 is 0 Å². The van der Waals surface area contributed by atoms with Gasteiger partial charge in [-0.2, -0.15) is 4.68 Å². The number of hydrogen-bond donors (Lipinski definition) is 2. The number of anilines is 2. The monoisotopic (exact) mass is 432 g/mol. The molecule has 0 aliphatic carbocycles. The fourth-order valence-corrected chi connectivity index (χ4v) is 3.14. The second-order valence-corrected chi connectivity index (χ2v) is 7.63. The Morgan fingerprint density at radius 3 is 2.47 bits per heavy atom. The standard InChI is InChI=1S/C19H18F2N6O2S/c1-11(30-10-18(28)22-14-5-3-13(20)4-6-14)19(29)23-15-7-8-16(21)17(9-15)27-12(2)24-25-26-27/h3-9,11H,10H2,1-2H3,(H,22,28)(H,23,29). The van der Waals surface area contributed by atoms with Crippen LogP contribution in [0.15, 0.2) is 42.5 Å². The summed E-state index contributed by atoms with van der Waals surface area (Å²) in [4.78, 5) is 24.4. The number of aryl methyl sites for hydroxylation is 1. The van der Waals surface area contributed by atoms with E-state index in [1.165, 1.54) is 47.1 Å². The number of amides is 2. The maximum absolute atomic E-state index is 14.1. The maximum atomic E-state index is 14.1. The molecule has 2 amide bonds. The van der Waals surface area contributed by atoms with Crippen LogP contribution < -0.4 is 10.6 Å². The number of carbonyl (C=O) groups excluding carboxylic acids is 2. The van der Waals surface area contributed by atoms with Crippen LogP contribution in [0.25, 0.3) is 5.69 Å². The zero-order valence-corrected chi connectivity index (χ0v) is 16.9. The lowest BCUT2D eigenvalue weighted by molar-refractivity contribution is -0.115. The summed E-state index contributed by atoms with van der Waals surface area (Å²) in [5.74, 6) is -1.17. The van der Waals surface area contributed by atoms with Gasteiger partial charge in [-0.05, 0) is 66.7 Å². The van der Waals surface area contributed by atoms with Gasteiger partial charge in [-0.25, -0.2) is 8.78 Å². The average Bonchev–Trinajstić information content (AvgIpc) is 3.15. The minimum atomic E-state index is -0.549. The summed E-state index contributed by atoms with van der Waals surface area (Å²) in [6, 6.07) is 9.45. The number of aromatic nitrogens is 4. The SMILES string of the molecule is Cc1nnnn1-c1cc(NC(=O)C(C)SCC(=O)Nc2ccc(F)cc2)ccc1F. The molecule has 8 nitrogen and oxygen atoms in total. The van der Waals surface area contributed by atoms with Crippen molar-refractivity contribution in [3.63, 3.8) is 0 Å². The largest absolute Gasteiger partial charge is 0.325 e. The molecule has 1 heterocycles. The highest BCUT2D eigenvalue weighted by molar-refractivity contribution is 8.01. The Labute approximate surface area is 175 Å². The molecule has 3 aromatic rings. The number of nitrogens with one attached hydrogen (secondary N) is 2. The van der Waals surface area contributed by atoms with Crippen molar-refractivity contribution in [1.82, 2.24) is 20.2 Å². The summed E-state index contributed by atoms with van der Waals surface area (Å²) in [6.07, 6.45) is 0. The minimum Gasteiger partial charge on any atom is -0.325 e. The Morgan fingerprint density at radius 1 is 1.10 bits per heavy atom. The first kappa shape index (κ1) is 21.4. The zero-order valence-electron chi connectivity index (χ0n) is 16.1. The Balaban J connectivity index is 1.56. The normalized spacial score (nSPS) is 11.7. The van der Waals surface area contributed by atoms with Crippen molar-refractivity contribution in [3.8, 4) is 5.69 Å². The van der Waals surface area contributed by atoms with Gasteiger partial charge in [0.25, 0.3) is 0 Å². The highest BCUT2D eigenvalue weighted by Gasteiger charge is 2.17. The van der Waals surface area contributed by atoms with Gasteiger partial charge in [0.1, 0.15) is 17.3 Å². The fraction of sp³-hybridized carbons (Fsp3) is 0.211. The third-order valence-electron chi connectivity index (χ3n) is 4.03. The summed E-state index contributed by atoms with van der Waals surface area (Å²) in [7, 11) is 0. The molecule has 2 N–H and O–H groups in total. The zero-order chi connectivity index (χ0) is 21.7. The molecular weight excluding hydrogens is 414 g/mol. The summed E-state index contributed by atoms with van der Waals surface area (Å²) in [6.45, 7) is 3.28. The Bertz CT molecular complexity index is 1060. The first-order chi connectivity index (χ1) is 14.3. The third-order valence-corrected chi connectivity index (χ3v) is 5.17. The topological polar surface area (TPSA) is 102 Å². The molecule has 0 spiro atoms. The van der Waals surface area contributed by atoms with Crippen molar-refractivity contribution in [3.05, 3.63) is 59.9 Å². The molecule has 0 saturated heterocycles. The van der Waals surface area contributed by atoms with Crippen LogP contribution >= 0.6 is 11.8 Å². The van der Waals surface area contributed by atoms with Crippen molar-refractivity contribution < 1.29 is 18.4 Å². The van der Waals surface area contributed by atoms with Gasteiger partial charge in [0.2, 0.25) is 11.8 Å². The van der Waals surface area contributed by atoms with Gasteiger partial charge in [0.05, 0.1) is 11.0 Å². The average molecular weight is 432 g/mol. The summed E-state index contributed by atoms with van der Waals surface area (Å²) >= 11 is 1.13. The van der Waals surface area contributed by atoms with Crippen molar-refractivity contribution in [2.45, 2.75) is 19.1 Å². The highest BCUT2D eigenvalue weighted by atomic mass is 32.2. The minimum absolute atomic E-state index is 0.0322. The third kappa shape index (κ3) is 5.38. The van der Waals surface area contributed by atoms with E-state index in [0.29, 0.717) is 17.2 Å². The summed E-state index contributed by atoms with van der Waals surface area (Å²) in [5, 5.41) is 15.7. The molecule has 0 aliphatic rings. The van der Waals surface area contributed by atoms with Crippen molar-refractivity contribution >= 4 is 35.0 Å². The predicted molar refractivity (Wildman–Crippen MR) is 109 cm³/mol. The molecule has 0 radical (unpaired) electrons. The van der Waals surface area contributed by atoms with Crippen LogP contribution in [0.1, 0.15) is 12.7 Å². The number of nitrogens with zero attached hydrogens (tertiary/aromatic N) is 4. The van der Waals surface area contributed by atoms with Crippen molar-refractivity contribution in [2.24, 2.45) is 0 Å². The number of benzene rings is 2.